The van der Waals surface area contributed by atoms with E-state index < -0.39 is 28.2 Å². The minimum atomic E-state index is -3.87. The summed E-state index contributed by atoms with van der Waals surface area (Å²) in [6.45, 7) is 5.95. The molecule has 42 heavy (non-hydrogen) atoms. The quantitative estimate of drug-likeness (QED) is 0.182. The van der Waals surface area contributed by atoms with E-state index in [-0.39, 0.29) is 42.3 Å². The number of nitrogens with one attached hydrogen (secondary N) is 2. The number of hydrogen-bond donors (Lipinski definition) is 4. The highest BCUT2D eigenvalue weighted by molar-refractivity contribution is 9.10. The lowest BCUT2D eigenvalue weighted by molar-refractivity contribution is -0.123. The SMILES string of the molecule is CCC(CCC[C@@H](CO)N(CCC(C)C)S(=O)(=O)c1ccc(N)cc1)NC(=O)[C@H](Cc1ccccc1Br)NC(=O)OC. The molecule has 0 saturated heterocycles. The number of nitrogen functional groups attached to an aromatic ring is 1. The highest BCUT2D eigenvalue weighted by atomic mass is 79.9. The zero-order chi connectivity index (χ0) is 31.3. The molecule has 0 heterocycles. The molecule has 2 aromatic carbocycles. The van der Waals surface area contributed by atoms with Crippen LogP contribution in [0.3, 0.4) is 0 Å². The van der Waals surface area contributed by atoms with Crippen molar-refractivity contribution < 1.29 is 27.9 Å². The van der Waals surface area contributed by atoms with E-state index in [0.29, 0.717) is 37.8 Å². The van der Waals surface area contributed by atoms with Crippen molar-refractivity contribution in [1.29, 1.82) is 0 Å². The van der Waals surface area contributed by atoms with Crippen LogP contribution in [-0.2, 0) is 26.0 Å². The number of hydrogen-bond acceptors (Lipinski definition) is 7. The normalized spacial score (nSPS) is 13.9. The Bertz CT molecular complexity index is 1240. The lowest BCUT2D eigenvalue weighted by atomic mass is 10.0. The average Bonchev–Trinajstić information content (AvgIpc) is 2.96. The van der Waals surface area contributed by atoms with Gasteiger partial charge in [0.25, 0.3) is 0 Å². The molecule has 0 aliphatic heterocycles. The van der Waals surface area contributed by atoms with E-state index in [1.807, 2.05) is 45.0 Å². The number of nitrogens with two attached hydrogens (primary N) is 1. The third-order valence-corrected chi connectivity index (χ3v) is 9.88. The van der Waals surface area contributed by atoms with Crippen molar-refractivity contribution in [3.63, 3.8) is 0 Å². The second kappa shape index (κ2) is 17.4. The first-order valence-corrected chi connectivity index (χ1v) is 16.5. The third kappa shape index (κ3) is 10.9. The number of ether oxygens (including phenoxy) is 1. The highest BCUT2D eigenvalue weighted by Crippen LogP contribution is 2.24. The van der Waals surface area contributed by atoms with Crippen LogP contribution in [0.5, 0.6) is 0 Å². The number of nitrogens with zero attached hydrogens (tertiary/aromatic N) is 1. The Morgan fingerprint density at radius 1 is 1.05 bits per heavy atom. The molecule has 0 bridgehead atoms. The highest BCUT2D eigenvalue weighted by Gasteiger charge is 2.31. The maximum atomic E-state index is 13.6. The average molecular weight is 670 g/mol. The molecular weight excluding hydrogens is 624 g/mol. The van der Waals surface area contributed by atoms with E-state index in [4.69, 9.17) is 10.5 Å². The van der Waals surface area contributed by atoms with Crippen LogP contribution in [0.1, 0.15) is 58.4 Å². The van der Waals surface area contributed by atoms with Gasteiger partial charge >= 0.3 is 6.09 Å². The number of alkyl carbamates (subject to hydrolysis) is 1. The molecule has 1 unspecified atom stereocenters. The number of rotatable bonds is 17. The van der Waals surface area contributed by atoms with Crippen molar-refractivity contribution in [3.8, 4) is 0 Å². The van der Waals surface area contributed by atoms with E-state index in [9.17, 15) is 23.1 Å². The van der Waals surface area contributed by atoms with Crippen molar-refractivity contribution >= 4 is 43.6 Å². The second-order valence-electron chi connectivity index (χ2n) is 10.7. The van der Waals surface area contributed by atoms with Crippen molar-refractivity contribution in [2.24, 2.45) is 5.92 Å². The van der Waals surface area contributed by atoms with Crippen molar-refractivity contribution in [2.45, 2.75) is 82.3 Å². The predicted octanol–water partition coefficient (Wildman–Crippen LogP) is 4.46. The van der Waals surface area contributed by atoms with Crippen LogP contribution in [0.2, 0.25) is 0 Å². The van der Waals surface area contributed by atoms with Gasteiger partial charge in [-0.2, -0.15) is 4.31 Å². The Kier molecular flexibility index (Phi) is 14.8. The Labute approximate surface area is 258 Å². The van der Waals surface area contributed by atoms with Crippen molar-refractivity contribution in [3.05, 3.63) is 58.6 Å². The zero-order valence-electron chi connectivity index (χ0n) is 24.9. The molecule has 0 aliphatic rings. The van der Waals surface area contributed by atoms with Crippen LogP contribution in [0.25, 0.3) is 0 Å². The minimum absolute atomic E-state index is 0.131. The van der Waals surface area contributed by atoms with Gasteiger partial charge in [0, 0.05) is 35.2 Å². The summed E-state index contributed by atoms with van der Waals surface area (Å²) in [4.78, 5) is 25.4. The summed E-state index contributed by atoms with van der Waals surface area (Å²) in [6, 6.07) is 11.8. The standard InChI is InChI=1S/C30H45BrN4O6S/c1-5-24(33-29(37)28(34-30(38)41-4)19-22-9-6-7-12-27(22)31)10-8-11-25(20-36)35(18-17-21(2)3)42(39,40)26-15-13-23(32)14-16-26/h6-7,9,12-16,21,24-25,28,36H,5,8,10-11,17-20,32H2,1-4H3,(H,33,37)(H,34,38)/t24?,25-,28-/m0/s1. The maximum absolute atomic E-state index is 13.6. The first-order valence-electron chi connectivity index (χ1n) is 14.3. The van der Waals surface area contributed by atoms with Crippen molar-refractivity contribution in [2.75, 3.05) is 26.0 Å². The number of methoxy groups -OCH3 is 1. The number of sulfonamides is 1. The van der Waals surface area contributed by atoms with Gasteiger partial charge in [0.15, 0.2) is 0 Å². The summed E-state index contributed by atoms with van der Waals surface area (Å²) in [5, 5.41) is 15.9. The van der Waals surface area contributed by atoms with E-state index in [1.54, 1.807) is 12.1 Å². The molecule has 0 spiro atoms. The van der Waals surface area contributed by atoms with Crippen LogP contribution in [-0.4, -0.2) is 68.2 Å². The van der Waals surface area contributed by atoms with E-state index in [0.717, 1.165) is 10.0 Å². The molecule has 2 amide bonds. The summed E-state index contributed by atoms with van der Waals surface area (Å²) < 4.78 is 34.1. The number of carbonyl (C=O) groups excluding carboxylic acids is 2. The molecular formula is C30H45BrN4O6S. The number of aliphatic hydroxyl groups is 1. The topological polar surface area (TPSA) is 151 Å². The third-order valence-electron chi connectivity index (χ3n) is 7.14. The largest absolute Gasteiger partial charge is 0.453 e. The molecule has 234 valence electrons. The molecule has 2 rings (SSSR count). The molecule has 0 radical (unpaired) electrons. The summed E-state index contributed by atoms with van der Waals surface area (Å²) >= 11 is 3.49. The van der Waals surface area contributed by atoms with Gasteiger partial charge in [0.2, 0.25) is 15.9 Å². The summed E-state index contributed by atoms with van der Waals surface area (Å²) in [6.07, 6.45) is 2.39. The number of anilines is 1. The molecule has 0 aromatic heterocycles. The number of halogens is 1. The Hall–Kier alpha value is -2.67. The van der Waals surface area contributed by atoms with E-state index in [2.05, 4.69) is 26.6 Å². The molecule has 12 heteroatoms. The van der Waals surface area contributed by atoms with E-state index in [1.165, 1.54) is 23.5 Å². The van der Waals surface area contributed by atoms with Crippen LogP contribution in [0.15, 0.2) is 57.9 Å². The van der Waals surface area contributed by atoms with E-state index >= 15 is 0 Å². The molecule has 0 saturated carbocycles. The smallest absolute Gasteiger partial charge is 0.407 e. The van der Waals surface area contributed by atoms with Gasteiger partial charge in [-0.15, -0.1) is 0 Å². The van der Waals surface area contributed by atoms with Gasteiger partial charge in [-0.1, -0.05) is 54.9 Å². The second-order valence-corrected chi connectivity index (χ2v) is 13.5. The lowest BCUT2D eigenvalue weighted by Gasteiger charge is -2.31. The Morgan fingerprint density at radius 2 is 1.71 bits per heavy atom. The predicted molar refractivity (Wildman–Crippen MR) is 168 cm³/mol. The molecule has 0 fully saturated rings. The van der Waals surface area contributed by atoms with Crippen LogP contribution in [0, 0.1) is 5.92 Å². The maximum Gasteiger partial charge on any atom is 0.407 e. The van der Waals surface area contributed by atoms with Crippen LogP contribution in [0.4, 0.5) is 10.5 Å². The summed E-state index contributed by atoms with van der Waals surface area (Å²) in [5.41, 5.74) is 7.08. The van der Waals surface area contributed by atoms with Crippen LogP contribution >= 0.6 is 15.9 Å². The molecule has 10 nitrogen and oxygen atoms in total. The number of aliphatic hydroxyl groups excluding tert-OH is 1. The molecule has 5 N–H and O–H groups in total. The minimum Gasteiger partial charge on any atom is -0.453 e. The van der Waals surface area contributed by atoms with Gasteiger partial charge in [-0.25, -0.2) is 13.2 Å². The fraction of sp³-hybridized carbons (Fsp3) is 0.533. The number of carbonyl (C=O) groups is 2. The Balaban J connectivity index is 2.12. The van der Waals surface area contributed by atoms with Gasteiger partial charge in [-0.3, -0.25) is 4.79 Å². The molecule has 3 atom stereocenters. The number of amides is 2. The number of benzene rings is 2. The van der Waals surface area contributed by atoms with Crippen molar-refractivity contribution in [1.82, 2.24) is 14.9 Å². The molecule has 2 aromatic rings. The monoisotopic (exact) mass is 668 g/mol. The Morgan fingerprint density at radius 3 is 2.29 bits per heavy atom. The first-order chi connectivity index (χ1) is 19.9. The summed E-state index contributed by atoms with van der Waals surface area (Å²) in [5.74, 6) is -0.0672. The van der Waals surface area contributed by atoms with Gasteiger partial charge < -0.3 is 26.2 Å². The summed E-state index contributed by atoms with van der Waals surface area (Å²) in [7, 11) is -2.62. The first kappa shape index (κ1) is 35.5. The fourth-order valence-electron chi connectivity index (χ4n) is 4.56. The van der Waals surface area contributed by atoms with Crippen LogP contribution < -0.4 is 16.4 Å². The van der Waals surface area contributed by atoms with Gasteiger partial charge in [0.1, 0.15) is 6.04 Å². The fourth-order valence-corrected chi connectivity index (χ4v) is 6.67. The molecule has 0 aliphatic carbocycles. The lowest BCUT2D eigenvalue weighted by Crippen LogP contribution is -2.50. The zero-order valence-corrected chi connectivity index (χ0v) is 27.3. The van der Waals surface area contributed by atoms with Gasteiger partial charge in [-0.05, 0) is 73.9 Å². The van der Waals surface area contributed by atoms with Gasteiger partial charge in [0.05, 0.1) is 18.6 Å².